The molecular formula is C22H24F2N8O. The number of aliphatic hydroxyl groups is 1. The molecule has 0 bridgehead atoms. The van der Waals surface area contributed by atoms with Crippen molar-refractivity contribution in [1.82, 2.24) is 29.3 Å². The zero-order chi connectivity index (χ0) is 23.1. The molecule has 0 aliphatic carbocycles. The largest absolute Gasteiger partial charge is 0.361 e. The summed E-state index contributed by atoms with van der Waals surface area (Å²) in [7, 11) is 3.50. The Morgan fingerprint density at radius 3 is 2.85 bits per heavy atom. The van der Waals surface area contributed by atoms with Crippen LogP contribution in [0.1, 0.15) is 24.4 Å². The Bertz CT molecular complexity index is 1290. The van der Waals surface area contributed by atoms with Crippen LogP contribution in [0.4, 0.5) is 20.3 Å². The van der Waals surface area contributed by atoms with Gasteiger partial charge in [0.15, 0.2) is 12.0 Å². The molecule has 4 heterocycles. The van der Waals surface area contributed by atoms with Gasteiger partial charge >= 0.3 is 0 Å². The molecule has 0 radical (unpaired) electrons. The minimum atomic E-state index is -0.855. The minimum absolute atomic E-state index is 0.296. The smallest absolute Gasteiger partial charge is 0.183 e. The first kappa shape index (κ1) is 21.3. The molecule has 1 aliphatic rings. The number of fused-ring (bicyclic) bond motifs is 1. The van der Waals surface area contributed by atoms with Gasteiger partial charge in [-0.3, -0.25) is 4.90 Å². The fourth-order valence-electron chi connectivity index (χ4n) is 4.11. The third-order valence-electron chi connectivity index (χ3n) is 5.81. The number of rotatable bonds is 6. The van der Waals surface area contributed by atoms with E-state index in [0.29, 0.717) is 41.4 Å². The van der Waals surface area contributed by atoms with Crippen LogP contribution >= 0.6 is 0 Å². The summed E-state index contributed by atoms with van der Waals surface area (Å²) in [6.45, 7) is 0.686. The van der Waals surface area contributed by atoms with Crippen molar-refractivity contribution in [3.05, 3.63) is 66.3 Å². The van der Waals surface area contributed by atoms with Gasteiger partial charge in [0, 0.05) is 18.3 Å². The lowest BCUT2D eigenvalue weighted by Crippen LogP contribution is -2.34. The molecule has 0 saturated carbocycles. The highest BCUT2D eigenvalue weighted by atomic mass is 19.1. The highest BCUT2D eigenvalue weighted by molar-refractivity contribution is 5.62. The molecule has 2 N–H and O–H groups in total. The van der Waals surface area contributed by atoms with Crippen LogP contribution < -0.4 is 10.2 Å². The molecule has 1 unspecified atom stereocenters. The molecule has 33 heavy (non-hydrogen) atoms. The molecular weight excluding hydrogens is 430 g/mol. The third kappa shape index (κ3) is 4.00. The van der Waals surface area contributed by atoms with Crippen molar-refractivity contribution in [3.63, 3.8) is 0 Å². The Balaban J connectivity index is 1.47. The van der Waals surface area contributed by atoms with Crippen LogP contribution in [0, 0.1) is 11.6 Å². The second kappa shape index (κ2) is 8.41. The Hall–Kier alpha value is -3.57. The first-order valence-corrected chi connectivity index (χ1v) is 10.6. The van der Waals surface area contributed by atoms with E-state index in [0.717, 1.165) is 12.5 Å². The van der Waals surface area contributed by atoms with E-state index in [1.807, 2.05) is 11.0 Å². The molecule has 0 spiro atoms. The van der Waals surface area contributed by atoms with Crippen LogP contribution in [0.5, 0.6) is 0 Å². The fraction of sp³-hybridized carbons (Fsp3) is 0.318. The highest BCUT2D eigenvalue weighted by Crippen LogP contribution is 2.37. The van der Waals surface area contributed by atoms with Crippen molar-refractivity contribution >= 4 is 17.2 Å². The summed E-state index contributed by atoms with van der Waals surface area (Å²) in [4.78, 5) is 8.41. The maximum absolute atomic E-state index is 14.5. The van der Waals surface area contributed by atoms with Gasteiger partial charge in [-0.15, -0.1) is 0 Å². The predicted octanol–water partition coefficient (Wildman–Crippen LogP) is 2.78. The topological polar surface area (TPSA) is 86.8 Å². The van der Waals surface area contributed by atoms with Gasteiger partial charge in [0.25, 0.3) is 0 Å². The molecule has 1 aliphatic heterocycles. The average molecular weight is 454 g/mol. The summed E-state index contributed by atoms with van der Waals surface area (Å²) in [5.41, 5.74) is 2.19. The molecule has 4 aromatic rings. The lowest BCUT2D eigenvalue weighted by molar-refractivity contribution is 0.0660. The summed E-state index contributed by atoms with van der Waals surface area (Å²) >= 11 is 0. The van der Waals surface area contributed by atoms with Crippen molar-refractivity contribution in [2.24, 2.45) is 0 Å². The van der Waals surface area contributed by atoms with Crippen LogP contribution in [0.25, 0.3) is 11.3 Å². The monoisotopic (exact) mass is 454 g/mol. The van der Waals surface area contributed by atoms with Gasteiger partial charge in [-0.05, 0) is 51.2 Å². The quantitative estimate of drug-likeness (QED) is 0.433. The number of benzene rings is 1. The van der Waals surface area contributed by atoms with Crippen molar-refractivity contribution in [1.29, 1.82) is 0 Å². The number of nitrogens with one attached hydrogen (secondary N) is 1. The van der Waals surface area contributed by atoms with E-state index < -0.39 is 18.0 Å². The predicted molar refractivity (Wildman–Crippen MR) is 119 cm³/mol. The molecule has 172 valence electrons. The van der Waals surface area contributed by atoms with Gasteiger partial charge in [-0.2, -0.15) is 10.2 Å². The summed E-state index contributed by atoms with van der Waals surface area (Å²) in [5.74, 6) is -0.220. The molecule has 9 nitrogen and oxygen atoms in total. The van der Waals surface area contributed by atoms with E-state index in [-0.39, 0.29) is 6.04 Å². The van der Waals surface area contributed by atoms with E-state index in [9.17, 15) is 13.9 Å². The van der Waals surface area contributed by atoms with Gasteiger partial charge in [-0.1, -0.05) is 0 Å². The Morgan fingerprint density at radius 2 is 2.03 bits per heavy atom. The van der Waals surface area contributed by atoms with Gasteiger partial charge in [0.2, 0.25) is 0 Å². The first-order valence-electron chi connectivity index (χ1n) is 10.6. The molecule has 1 fully saturated rings. The van der Waals surface area contributed by atoms with Crippen LogP contribution in [0.2, 0.25) is 0 Å². The van der Waals surface area contributed by atoms with Crippen molar-refractivity contribution < 1.29 is 13.9 Å². The second-order valence-corrected chi connectivity index (χ2v) is 8.26. The Morgan fingerprint density at radius 1 is 1.18 bits per heavy atom. The Kier molecular flexibility index (Phi) is 5.43. The first-order chi connectivity index (χ1) is 15.9. The molecule has 11 heteroatoms. The van der Waals surface area contributed by atoms with Gasteiger partial charge in [-0.25, -0.2) is 23.0 Å². The minimum Gasteiger partial charge on any atom is -0.361 e. The SMILES string of the molecule is CN(C)C(O)Nc1cnn(-c2cnn3ccc(N4CCC[C@H]4c4cc(F)ccc4F)nc23)c1. The summed E-state index contributed by atoms with van der Waals surface area (Å²) in [6, 6.07) is 5.09. The van der Waals surface area contributed by atoms with Crippen molar-refractivity contribution in [2.45, 2.75) is 25.2 Å². The number of aliphatic hydroxyl groups excluding tert-OH is 1. The summed E-state index contributed by atoms with van der Waals surface area (Å²) in [6.07, 6.45) is 7.48. The maximum Gasteiger partial charge on any atom is 0.183 e. The third-order valence-corrected chi connectivity index (χ3v) is 5.81. The average Bonchev–Trinajstić information content (AvgIpc) is 3.53. The van der Waals surface area contributed by atoms with Crippen LogP contribution in [0.3, 0.4) is 0 Å². The summed E-state index contributed by atoms with van der Waals surface area (Å²) in [5, 5.41) is 21.6. The number of hydrogen-bond donors (Lipinski definition) is 2. The fourth-order valence-corrected chi connectivity index (χ4v) is 4.11. The number of anilines is 2. The normalized spacial score (nSPS) is 17.3. The standard InChI is InChI=1S/C22H24F2N8O/c1-29(2)22(33)27-15-11-25-32(13-15)19-12-26-31-9-7-20(28-21(19)31)30-8-3-4-18(30)16-10-14(23)5-6-17(16)24/h5-7,9-13,18,22,27,33H,3-4,8H2,1-2H3/t18-,22?/m0/s1. The molecule has 0 amide bonds. The zero-order valence-corrected chi connectivity index (χ0v) is 18.2. The van der Waals surface area contributed by atoms with Crippen LogP contribution in [0.15, 0.2) is 49.1 Å². The van der Waals surface area contributed by atoms with E-state index in [2.05, 4.69) is 15.5 Å². The van der Waals surface area contributed by atoms with Gasteiger partial charge < -0.3 is 15.3 Å². The molecule has 5 rings (SSSR count). The Labute approximate surface area is 188 Å². The molecule has 1 saturated heterocycles. The van der Waals surface area contributed by atoms with Crippen molar-refractivity contribution in [3.8, 4) is 5.69 Å². The van der Waals surface area contributed by atoms with Gasteiger partial charge in [0.05, 0.1) is 30.3 Å². The van der Waals surface area contributed by atoms with Gasteiger partial charge in [0.1, 0.15) is 23.1 Å². The molecule has 2 atom stereocenters. The number of nitrogens with zero attached hydrogens (tertiary/aromatic N) is 7. The number of halogens is 2. The maximum atomic E-state index is 14.5. The van der Waals surface area contributed by atoms with Crippen LogP contribution in [-0.2, 0) is 0 Å². The van der Waals surface area contributed by atoms with E-state index in [1.54, 1.807) is 53.0 Å². The van der Waals surface area contributed by atoms with E-state index in [1.165, 1.54) is 12.1 Å². The molecule has 1 aromatic carbocycles. The zero-order valence-electron chi connectivity index (χ0n) is 18.2. The van der Waals surface area contributed by atoms with Crippen molar-refractivity contribution in [2.75, 3.05) is 30.9 Å². The van der Waals surface area contributed by atoms with E-state index >= 15 is 0 Å². The highest BCUT2D eigenvalue weighted by Gasteiger charge is 2.30. The second-order valence-electron chi connectivity index (χ2n) is 8.26. The number of aromatic nitrogens is 5. The van der Waals surface area contributed by atoms with E-state index in [4.69, 9.17) is 4.98 Å². The number of hydrogen-bond acceptors (Lipinski definition) is 7. The summed E-state index contributed by atoms with van der Waals surface area (Å²) < 4.78 is 31.6. The van der Waals surface area contributed by atoms with Crippen LogP contribution in [-0.4, -0.2) is 61.4 Å². The lowest BCUT2D eigenvalue weighted by atomic mass is 10.0. The lowest BCUT2D eigenvalue weighted by Gasteiger charge is -2.26. The molecule has 3 aromatic heterocycles.